The molecule has 1 heterocycles. The Morgan fingerprint density at radius 3 is 3.08 bits per heavy atom. The largest absolute Gasteiger partial charge is 0.465 e. The number of furan rings is 1. The highest BCUT2D eigenvalue weighted by molar-refractivity contribution is 5.48. The number of rotatable bonds is 1. The smallest absolute Gasteiger partial charge is 0.126 e. The number of aliphatic hydroxyl groups excluding tert-OH is 1. The van der Waals surface area contributed by atoms with Gasteiger partial charge in [-0.1, -0.05) is 6.42 Å². The third kappa shape index (κ3) is 2.01. The summed E-state index contributed by atoms with van der Waals surface area (Å²) in [5.74, 6) is 0.843. The van der Waals surface area contributed by atoms with Gasteiger partial charge in [0.05, 0.1) is 12.4 Å². The molecule has 1 N–H and O–H groups in total. The van der Waals surface area contributed by atoms with Gasteiger partial charge in [-0.3, -0.25) is 0 Å². The van der Waals surface area contributed by atoms with Crippen molar-refractivity contribution >= 4 is 6.08 Å². The molecule has 0 aromatic carbocycles. The first-order valence-electron chi connectivity index (χ1n) is 4.78. The second kappa shape index (κ2) is 3.79. The zero-order chi connectivity index (χ0) is 9.10. The van der Waals surface area contributed by atoms with Crippen LogP contribution in [0.3, 0.4) is 0 Å². The van der Waals surface area contributed by atoms with Gasteiger partial charge >= 0.3 is 0 Å². The third-order valence-corrected chi connectivity index (χ3v) is 2.49. The van der Waals surface area contributed by atoms with Gasteiger partial charge in [0.25, 0.3) is 0 Å². The maximum absolute atomic E-state index is 9.66. The average molecular weight is 178 g/mol. The number of hydrogen-bond donors (Lipinski definition) is 1. The van der Waals surface area contributed by atoms with Crippen LogP contribution in [0, 0.1) is 0 Å². The molecule has 0 aliphatic heterocycles. The third-order valence-electron chi connectivity index (χ3n) is 2.49. The molecule has 1 aromatic heterocycles. The average Bonchev–Trinajstić information content (AvgIpc) is 2.61. The van der Waals surface area contributed by atoms with Crippen LogP contribution in [0.4, 0.5) is 0 Å². The molecule has 1 fully saturated rings. The van der Waals surface area contributed by atoms with Gasteiger partial charge in [-0.05, 0) is 43.0 Å². The standard InChI is InChI=1S/C11H14O2/c12-11-6-2-1-4-9(11)8-10-5-3-7-13-10/h3,5,7-8,11-12H,1-2,4,6H2/b9-8+/t11-/m0/s1. The quantitative estimate of drug-likeness (QED) is 0.717. The molecule has 1 aliphatic carbocycles. The van der Waals surface area contributed by atoms with Crippen molar-refractivity contribution in [3.8, 4) is 0 Å². The highest BCUT2D eigenvalue weighted by Crippen LogP contribution is 2.25. The first kappa shape index (κ1) is 8.57. The van der Waals surface area contributed by atoms with E-state index in [9.17, 15) is 5.11 Å². The number of hydrogen-bond acceptors (Lipinski definition) is 2. The van der Waals surface area contributed by atoms with Crippen molar-refractivity contribution in [2.75, 3.05) is 0 Å². The van der Waals surface area contributed by atoms with E-state index in [1.807, 2.05) is 18.2 Å². The zero-order valence-electron chi connectivity index (χ0n) is 7.57. The lowest BCUT2D eigenvalue weighted by Gasteiger charge is -2.19. The van der Waals surface area contributed by atoms with Crippen LogP contribution in [-0.2, 0) is 0 Å². The molecule has 1 saturated carbocycles. The second-order valence-electron chi connectivity index (χ2n) is 3.50. The summed E-state index contributed by atoms with van der Waals surface area (Å²) in [5.41, 5.74) is 1.11. The van der Waals surface area contributed by atoms with Crippen LogP contribution in [0.2, 0.25) is 0 Å². The van der Waals surface area contributed by atoms with E-state index in [4.69, 9.17) is 4.42 Å². The van der Waals surface area contributed by atoms with Crippen molar-refractivity contribution in [1.29, 1.82) is 0 Å². The van der Waals surface area contributed by atoms with E-state index in [-0.39, 0.29) is 6.10 Å². The molecule has 0 radical (unpaired) electrons. The Balaban J connectivity index is 2.14. The highest BCUT2D eigenvalue weighted by Gasteiger charge is 2.15. The maximum Gasteiger partial charge on any atom is 0.126 e. The van der Waals surface area contributed by atoms with Gasteiger partial charge < -0.3 is 9.52 Å². The van der Waals surface area contributed by atoms with E-state index < -0.39 is 0 Å². The van der Waals surface area contributed by atoms with Gasteiger partial charge in [-0.25, -0.2) is 0 Å². The van der Waals surface area contributed by atoms with Crippen molar-refractivity contribution in [3.63, 3.8) is 0 Å². The Bertz CT molecular complexity index is 285. The minimum Gasteiger partial charge on any atom is -0.465 e. The predicted molar refractivity (Wildman–Crippen MR) is 51.2 cm³/mol. The highest BCUT2D eigenvalue weighted by atomic mass is 16.3. The molecule has 1 aliphatic rings. The fraction of sp³-hybridized carbons (Fsp3) is 0.455. The molecule has 70 valence electrons. The van der Waals surface area contributed by atoms with Crippen LogP contribution in [0.15, 0.2) is 28.4 Å². The topological polar surface area (TPSA) is 33.4 Å². The molecule has 0 saturated heterocycles. The Morgan fingerprint density at radius 2 is 2.38 bits per heavy atom. The van der Waals surface area contributed by atoms with Crippen molar-refractivity contribution in [3.05, 3.63) is 29.7 Å². The Hall–Kier alpha value is -1.02. The van der Waals surface area contributed by atoms with E-state index in [1.54, 1.807) is 6.26 Å². The summed E-state index contributed by atoms with van der Waals surface area (Å²) in [6, 6.07) is 3.77. The summed E-state index contributed by atoms with van der Waals surface area (Å²) in [6.07, 6.45) is 7.58. The van der Waals surface area contributed by atoms with Crippen molar-refractivity contribution < 1.29 is 9.52 Å². The van der Waals surface area contributed by atoms with E-state index in [2.05, 4.69) is 0 Å². The van der Waals surface area contributed by atoms with Gasteiger partial charge in [0, 0.05) is 0 Å². The van der Waals surface area contributed by atoms with E-state index in [1.165, 1.54) is 6.42 Å². The van der Waals surface area contributed by atoms with Gasteiger partial charge in [-0.15, -0.1) is 0 Å². The predicted octanol–water partition coefficient (Wildman–Crippen LogP) is 2.60. The molecule has 0 bridgehead atoms. The number of aliphatic hydroxyl groups is 1. The Morgan fingerprint density at radius 1 is 1.46 bits per heavy atom. The summed E-state index contributed by atoms with van der Waals surface area (Å²) in [7, 11) is 0. The van der Waals surface area contributed by atoms with Crippen LogP contribution in [0.25, 0.3) is 6.08 Å². The molecule has 2 nitrogen and oxygen atoms in total. The van der Waals surface area contributed by atoms with Gasteiger partial charge in [0.2, 0.25) is 0 Å². The van der Waals surface area contributed by atoms with Crippen molar-refractivity contribution in [2.45, 2.75) is 31.8 Å². The molecular formula is C11H14O2. The fourth-order valence-corrected chi connectivity index (χ4v) is 1.74. The summed E-state index contributed by atoms with van der Waals surface area (Å²) >= 11 is 0. The van der Waals surface area contributed by atoms with Crippen LogP contribution in [0.1, 0.15) is 31.4 Å². The molecular weight excluding hydrogens is 164 g/mol. The minimum absolute atomic E-state index is 0.251. The SMILES string of the molecule is O[C@H]1CCCC/C1=C\c1ccco1. The van der Waals surface area contributed by atoms with Crippen LogP contribution in [0.5, 0.6) is 0 Å². The Kier molecular flexibility index (Phi) is 2.50. The lowest BCUT2D eigenvalue weighted by molar-refractivity contribution is 0.179. The normalized spacial score (nSPS) is 26.5. The van der Waals surface area contributed by atoms with Gasteiger partial charge in [-0.2, -0.15) is 0 Å². The first-order valence-corrected chi connectivity index (χ1v) is 4.78. The van der Waals surface area contributed by atoms with Crippen LogP contribution >= 0.6 is 0 Å². The molecule has 2 rings (SSSR count). The summed E-state index contributed by atoms with van der Waals surface area (Å²) in [4.78, 5) is 0. The second-order valence-corrected chi connectivity index (χ2v) is 3.50. The summed E-state index contributed by atoms with van der Waals surface area (Å²) in [6.45, 7) is 0. The molecule has 0 amide bonds. The Labute approximate surface area is 77.9 Å². The summed E-state index contributed by atoms with van der Waals surface area (Å²) < 4.78 is 5.20. The molecule has 1 aromatic rings. The summed E-state index contributed by atoms with van der Waals surface area (Å²) in [5, 5.41) is 9.66. The van der Waals surface area contributed by atoms with Crippen molar-refractivity contribution in [2.24, 2.45) is 0 Å². The first-order chi connectivity index (χ1) is 6.36. The monoisotopic (exact) mass is 178 g/mol. The van der Waals surface area contributed by atoms with Crippen LogP contribution < -0.4 is 0 Å². The van der Waals surface area contributed by atoms with E-state index in [0.717, 1.165) is 30.6 Å². The van der Waals surface area contributed by atoms with Crippen LogP contribution in [-0.4, -0.2) is 11.2 Å². The van der Waals surface area contributed by atoms with Crippen molar-refractivity contribution in [1.82, 2.24) is 0 Å². The van der Waals surface area contributed by atoms with E-state index in [0.29, 0.717) is 0 Å². The lowest BCUT2D eigenvalue weighted by atomic mass is 9.91. The fourth-order valence-electron chi connectivity index (χ4n) is 1.74. The molecule has 0 spiro atoms. The molecule has 2 heteroatoms. The molecule has 1 atom stereocenters. The maximum atomic E-state index is 9.66. The molecule has 13 heavy (non-hydrogen) atoms. The van der Waals surface area contributed by atoms with Gasteiger partial charge in [0.1, 0.15) is 5.76 Å². The lowest BCUT2D eigenvalue weighted by Crippen LogP contribution is -2.14. The minimum atomic E-state index is -0.251. The van der Waals surface area contributed by atoms with Gasteiger partial charge in [0.15, 0.2) is 0 Å². The molecule has 0 unspecified atom stereocenters. The van der Waals surface area contributed by atoms with E-state index >= 15 is 0 Å². The zero-order valence-corrected chi connectivity index (χ0v) is 7.57.